The van der Waals surface area contributed by atoms with E-state index < -0.39 is 13.5 Å². The van der Waals surface area contributed by atoms with Crippen LogP contribution in [-0.4, -0.2) is 18.0 Å². The second-order valence-corrected chi connectivity index (χ2v) is 23.3. The SMILES string of the molecule is C[Si](C)(C)c1ccc2c(c1)C(c1ccccc1)(c1ccccc1)c1cc(-c3cccc(-c4nc(-c5ccccc5)cc(-c5ccc(-c6cccc(-c7ccccc7)c6)cc5)n4)c3)ccc1-2. The Balaban J connectivity index is 1.02. The van der Waals surface area contributed by atoms with Crippen LogP contribution in [-0.2, 0) is 5.41 Å². The number of nitrogens with zero attached hydrogens (tertiary/aromatic N) is 2. The lowest BCUT2D eigenvalue weighted by molar-refractivity contribution is 0.769. The molecule has 3 heteroatoms. The van der Waals surface area contributed by atoms with Crippen LogP contribution in [0.15, 0.2) is 237 Å². The predicted octanol–water partition coefficient (Wildman–Crippen LogP) is 15.4. The molecule has 0 atom stereocenters. The van der Waals surface area contributed by atoms with Crippen LogP contribution in [0.25, 0.3) is 78.4 Å². The molecule has 1 aliphatic carbocycles. The smallest absolute Gasteiger partial charge is 0.160 e. The molecule has 1 aliphatic rings. The van der Waals surface area contributed by atoms with Gasteiger partial charge in [0.1, 0.15) is 0 Å². The largest absolute Gasteiger partial charge is 0.228 e. The molecule has 0 radical (unpaired) electrons. The topological polar surface area (TPSA) is 25.8 Å². The van der Waals surface area contributed by atoms with E-state index in [1.165, 1.54) is 55.3 Å². The van der Waals surface area contributed by atoms with Gasteiger partial charge in [-0.25, -0.2) is 9.97 Å². The first-order valence-corrected chi connectivity index (χ1v) is 26.1. The van der Waals surface area contributed by atoms with Crippen LogP contribution in [0.2, 0.25) is 19.6 Å². The van der Waals surface area contributed by atoms with Gasteiger partial charge in [-0.2, -0.15) is 0 Å². The average molecular weight is 849 g/mol. The van der Waals surface area contributed by atoms with Gasteiger partial charge in [0.15, 0.2) is 5.82 Å². The molecule has 65 heavy (non-hydrogen) atoms. The number of hydrogen-bond acceptors (Lipinski definition) is 2. The Labute approximate surface area is 383 Å². The van der Waals surface area contributed by atoms with E-state index in [1.54, 1.807) is 0 Å². The second kappa shape index (κ2) is 16.4. The minimum absolute atomic E-state index is 0.487. The summed E-state index contributed by atoms with van der Waals surface area (Å²) in [5, 5.41) is 1.47. The third kappa shape index (κ3) is 7.34. The molecular weight excluding hydrogens is 801 g/mol. The lowest BCUT2D eigenvalue weighted by Crippen LogP contribution is -2.39. The highest BCUT2D eigenvalue weighted by atomic mass is 28.3. The minimum atomic E-state index is -1.64. The van der Waals surface area contributed by atoms with E-state index in [0.29, 0.717) is 5.82 Å². The van der Waals surface area contributed by atoms with Gasteiger partial charge in [-0.15, -0.1) is 0 Å². The molecule has 9 aromatic carbocycles. The number of hydrogen-bond donors (Lipinski definition) is 0. The van der Waals surface area contributed by atoms with Crippen molar-refractivity contribution in [3.8, 4) is 78.4 Å². The van der Waals surface area contributed by atoms with Crippen LogP contribution in [0.5, 0.6) is 0 Å². The lowest BCUT2D eigenvalue weighted by Gasteiger charge is -2.35. The van der Waals surface area contributed by atoms with Crippen LogP contribution < -0.4 is 5.19 Å². The van der Waals surface area contributed by atoms with Gasteiger partial charge in [-0.3, -0.25) is 0 Å². The summed E-state index contributed by atoms with van der Waals surface area (Å²) in [5.41, 5.74) is 19.2. The number of fused-ring (bicyclic) bond motifs is 3. The molecule has 0 unspecified atom stereocenters. The molecule has 0 saturated heterocycles. The maximum absolute atomic E-state index is 5.30. The Hall–Kier alpha value is -7.72. The van der Waals surface area contributed by atoms with Crippen molar-refractivity contribution in [2.24, 2.45) is 0 Å². The maximum Gasteiger partial charge on any atom is 0.160 e. The molecule has 1 heterocycles. The Morgan fingerprint density at radius 2 is 0.692 bits per heavy atom. The molecule has 0 fully saturated rings. The molecule has 2 nitrogen and oxygen atoms in total. The van der Waals surface area contributed by atoms with Gasteiger partial charge in [-0.1, -0.05) is 237 Å². The van der Waals surface area contributed by atoms with Crippen molar-refractivity contribution >= 4 is 13.3 Å². The summed E-state index contributed by atoms with van der Waals surface area (Å²) in [6, 6.07) is 86.0. The van der Waals surface area contributed by atoms with Gasteiger partial charge >= 0.3 is 0 Å². The fourth-order valence-electron chi connectivity index (χ4n) is 9.80. The summed E-state index contributed by atoms with van der Waals surface area (Å²) in [5.74, 6) is 0.693. The summed E-state index contributed by atoms with van der Waals surface area (Å²) >= 11 is 0. The van der Waals surface area contributed by atoms with E-state index in [1.807, 2.05) is 6.07 Å². The normalized spacial score (nSPS) is 12.7. The standard InChI is InChI=1S/C62H48N2Si/c1-65(2,3)54-35-37-56-55-36-34-50(40-57(55)62(58(56)41-54,52-26-12-6-13-27-52)53-28-14-7-15-29-53)49-24-17-25-51(39-49)61-63-59(45-20-10-5-11-21-45)42-60(64-61)46-32-30-44(31-33-46)48-23-16-22-47(38-48)43-18-8-4-9-19-43/h4-42H,1-3H3. The third-order valence-electron chi connectivity index (χ3n) is 13.2. The Kier molecular flexibility index (Phi) is 10.1. The highest BCUT2D eigenvalue weighted by molar-refractivity contribution is 6.88. The van der Waals surface area contributed by atoms with Crippen molar-refractivity contribution < 1.29 is 0 Å². The molecule has 0 spiro atoms. The van der Waals surface area contributed by atoms with Crippen LogP contribution in [0, 0.1) is 0 Å². The fourth-order valence-corrected chi connectivity index (χ4v) is 11.0. The Bertz CT molecular complexity index is 3280. The summed E-state index contributed by atoms with van der Waals surface area (Å²) < 4.78 is 0. The molecule has 11 rings (SSSR count). The molecule has 0 bridgehead atoms. The summed E-state index contributed by atoms with van der Waals surface area (Å²) in [4.78, 5) is 10.5. The molecule has 10 aromatic rings. The highest BCUT2D eigenvalue weighted by Crippen LogP contribution is 2.56. The van der Waals surface area contributed by atoms with Crippen molar-refractivity contribution in [1.29, 1.82) is 0 Å². The van der Waals surface area contributed by atoms with E-state index in [2.05, 4.69) is 250 Å². The lowest BCUT2D eigenvalue weighted by atomic mass is 9.67. The van der Waals surface area contributed by atoms with Crippen molar-refractivity contribution in [1.82, 2.24) is 9.97 Å². The predicted molar refractivity (Wildman–Crippen MR) is 275 cm³/mol. The van der Waals surface area contributed by atoms with E-state index >= 15 is 0 Å². The van der Waals surface area contributed by atoms with Crippen molar-refractivity contribution in [3.05, 3.63) is 259 Å². The molecule has 0 amide bonds. The Morgan fingerprint density at radius 1 is 0.308 bits per heavy atom. The minimum Gasteiger partial charge on any atom is -0.228 e. The van der Waals surface area contributed by atoms with Gasteiger partial charge < -0.3 is 0 Å². The molecule has 0 N–H and O–H groups in total. The van der Waals surface area contributed by atoms with Crippen LogP contribution in [0.4, 0.5) is 0 Å². The monoisotopic (exact) mass is 848 g/mol. The van der Waals surface area contributed by atoms with Crippen molar-refractivity contribution in [2.75, 3.05) is 0 Å². The Morgan fingerprint density at radius 3 is 1.26 bits per heavy atom. The van der Waals surface area contributed by atoms with E-state index in [-0.39, 0.29) is 0 Å². The first-order chi connectivity index (χ1) is 31.8. The van der Waals surface area contributed by atoms with E-state index in [9.17, 15) is 0 Å². The fraction of sp³-hybridized carbons (Fsp3) is 0.0645. The first kappa shape index (κ1) is 40.1. The second-order valence-electron chi connectivity index (χ2n) is 18.2. The number of benzene rings is 9. The van der Waals surface area contributed by atoms with E-state index in [0.717, 1.165) is 44.8 Å². The van der Waals surface area contributed by atoms with Gasteiger partial charge in [0.05, 0.1) is 24.9 Å². The molecule has 0 aliphatic heterocycles. The van der Waals surface area contributed by atoms with Gasteiger partial charge in [0.2, 0.25) is 0 Å². The maximum atomic E-state index is 5.30. The van der Waals surface area contributed by atoms with Crippen molar-refractivity contribution in [2.45, 2.75) is 25.1 Å². The average Bonchev–Trinajstić information content (AvgIpc) is 3.67. The van der Waals surface area contributed by atoms with Crippen LogP contribution in [0.3, 0.4) is 0 Å². The third-order valence-corrected chi connectivity index (χ3v) is 15.2. The van der Waals surface area contributed by atoms with Gasteiger partial charge in [0, 0.05) is 16.7 Å². The molecule has 0 saturated carbocycles. The molecule has 1 aromatic heterocycles. The van der Waals surface area contributed by atoms with Crippen molar-refractivity contribution in [3.63, 3.8) is 0 Å². The molecular formula is C62H48N2Si. The summed E-state index contributed by atoms with van der Waals surface area (Å²) in [6.45, 7) is 7.33. The van der Waals surface area contributed by atoms with E-state index in [4.69, 9.17) is 9.97 Å². The first-order valence-electron chi connectivity index (χ1n) is 22.6. The summed E-state index contributed by atoms with van der Waals surface area (Å²) in [6.07, 6.45) is 0. The van der Waals surface area contributed by atoms with Crippen LogP contribution >= 0.6 is 0 Å². The van der Waals surface area contributed by atoms with Crippen LogP contribution in [0.1, 0.15) is 22.3 Å². The summed E-state index contributed by atoms with van der Waals surface area (Å²) in [7, 11) is -1.64. The molecule has 310 valence electrons. The zero-order valence-electron chi connectivity index (χ0n) is 36.9. The zero-order valence-corrected chi connectivity index (χ0v) is 37.9. The number of rotatable bonds is 9. The van der Waals surface area contributed by atoms with Gasteiger partial charge in [0.25, 0.3) is 0 Å². The zero-order chi connectivity index (χ0) is 44.0. The quantitative estimate of drug-likeness (QED) is 0.135. The highest BCUT2D eigenvalue weighted by Gasteiger charge is 2.46. The number of aromatic nitrogens is 2. The van der Waals surface area contributed by atoms with Gasteiger partial charge in [-0.05, 0) is 91.0 Å².